The zero-order valence-electron chi connectivity index (χ0n) is 17.2. The fourth-order valence-corrected chi connectivity index (χ4v) is 4.46. The Morgan fingerprint density at radius 3 is 2.56 bits per heavy atom. The van der Waals surface area contributed by atoms with Gasteiger partial charge in [0.1, 0.15) is 5.82 Å². The lowest BCUT2D eigenvalue weighted by atomic mass is 9.93. The average Bonchev–Trinajstić information content (AvgIpc) is 3.45. The minimum Gasteiger partial charge on any atom is -0.618 e. The summed E-state index contributed by atoms with van der Waals surface area (Å²) in [6.45, 7) is 0.419. The molecular formula is C26H20FN3O2. The van der Waals surface area contributed by atoms with E-state index in [0.29, 0.717) is 12.3 Å². The van der Waals surface area contributed by atoms with E-state index < -0.39 is 5.60 Å². The number of rotatable bonds is 5. The number of nitrogens with zero attached hydrogens (tertiary/aromatic N) is 2. The van der Waals surface area contributed by atoms with Crippen LogP contribution in [0, 0.1) is 11.0 Å². The lowest BCUT2D eigenvalue weighted by Gasteiger charge is -2.21. The summed E-state index contributed by atoms with van der Waals surface area (Å²) >= 11 is 0. The van der Waals surface area contributed by atoms with Crippen molar-refractivity contribution in [1.29, 1.82) is 0 Å². The minimum absolute atomic E-state index is 0.316. The van der Waals surface area contributed by atoms with Gasteiger partial charge in [0.2, 0.25) is 5.69 Å². The van der Waals surface area contributed by atoms with Gasteiger partial charge in [0.15, 0.2) is 11.8 Å². The number of ether oxygens (including phenoxy) is 1. The standard InChI is InChI=1S/C26H20FN3O2/c27-21-8-6-18(7-9-21)24-22-12-19-14-28-29-23(19)13-20(22)15-30(31)25(24)26(10-11-26)32-16-17-4-2-1-3-5-17/h1-9,12-15H,10-11,16H2,(H,28,29). The molecule has 0 radical (unpaired) electrons. The Kier molecular flexibility index (Phi) is 4.23. The maximum atomic E-state index is 13.7. The van der Waals surface area contributed by atoms with Crippen LogP contribution in [0.4, 0.5) is 4.39 Å². The van der Waals surface area contributed by atoms with Crippen LogP contribution in [0.1, 0.15) is 24.1 Å². The van der Waals surface area contributed by atoms with E-state index in [1.165, 1.54) is 12.1 Å². The van der Waals surface area contributed by atoms with E-state index in [1.807, 2.05) is 42.5 Å². The smallest absolute Gasteiger partial charge is 0.233 e. The molecule has 1 fully saturated rings. The molecule has 1 N–H and O–H groups in total. The molecule has 0 amide bonds. The quantitative estimate of drug-likeness (QED) is 0.304. The van der Waals surface area contributed by atoms with Gasteiger partial charge in [-0.15, -0.1) is 0 Å². The molecule has 0 unspecified atom stereocenters. The molecule has 5 aromatic rings. The highest BCUT2D eigenvalue weighted by Crippen LogP contribution is 2.52. The number of benzene rings is 3. The van der Waals surface area contributed by atoms with Crippen LogP contribution < -0.4 is 4.73 Å². The molecule has 2 aromatic heterocycles. The average molecular weight is 425 g/mol. The highest BCUT2D eigenvalue weighted by molar-refractivity contribution is 6.04. The molecule has 2 heterocycles. The van der Waals surface area contributed by atoms with Gasteiger partial charge < -0.3 is 9.94 Å². The molecule has 0 atom stereocenters. The molecule has 158 valence electrons. The van der Waals surface area contributed by atoms with E-state index in [2.05, 4.69) is 10.2 Å². The fraction of sp³-hybridized carbons (Fsp3) is 0.154. The highest BCUT2D eigenvalue weighted by atomic mass is 19.1. The van der Waals surface area contributed by atoms with Crippen LogP contribution in [0.5, 0.6) is 0 Å². The molecule has 0 spiro atoms. The second-order valence-electron chi connectivity index (χ2n) is 8.35. The van der Waals surface area contributed by atoms with Crippen molar-refractivity contribution in [3.05, 3.63) is 101 Å². The van der Waals surface area contributed by atoms with Crippen LogP contribution >= 0.6 is 0 Å². The summed E-state index contributed by atoms with van der Waals surface area (Å²) in [6.07, 6.45) is 4.88. The maximum absolute atomic E-state index is 13.7. The first kappa shape index (κ1) is 19.0. The molecule has 0 bridgehead atoms. The van der Waals surface area contributed by atoms with E-state index in [1.54, 1.807) is 24.5 Å². The number of nitrogens with one attached hydrogen (secondary N) is 1. The van der Waals surface area contributed by atoms with Crippen molar-refractivity contribution < 1.29 is 13.9 Å². The second kappa shape index (κ2) is 7.14. The Hall–Kier alpha value is -3.77. The highest BCUT2D eigenvalue weighted by Gasteiger charge is 2.54. The topological polar surface area (TPSA) is 64.8 Å². The zero-order chi connectivity index (χ0) is 21.7. The second-order valence-corrected chi connectivity index (χ2v) is 8.35. The minimum atomic E-state index is -0.666. The van der Waals surface area contributed by atoms with Crippen LogP contribution in [0.3, 0.4) is 0 Å². The third-order valence-corrected chi connectivity index (χ3v) is 6.22. The van der Waals surface area contributed by atoms with Crippen LogP contribution in [0.2, 0.25) is 0 Å². The predicted molar refractivity (Wildman–Crippen MR) is 120 cm³/mol. The van der Waals surface area contributed by atoms with Crippen LogP contribution in [-0.2, 0) is 16.9 Å². The van der Waals surface area contributed by atoms with E-state index >= 15 is 0 Å². The molecule has 1 aliphatic rings. The SMILES string of the molecule is [O-][n+]1cc2cc3[nH]ncc3cc2c(-c2ccc(F)cc2)c1C1(OCc2ccccc2)CC1. The molecular weight excluding hydrogens is 405 g/mol. The molecule has 3 aromatic carbocycles. The number of halogens is 1. The normalized spacial score (nSPS) is 14.8. The van der Waals surface area contributed by atoms with Crippen molar-refractivity contribution in [3.63, 3.8) is 0 Å². The molecule has 1 aliphatic carbocycles. The third-order valence-electron chi connectivity index (χ3n) is 6.22. The Morgan fingerprint density at radius 1 is 1.03 bits per heavy atom. The maximum Gasteiger partial charge on any atom is 0.233 e. The first-order valence-corrected chi connectivity index (χ1v) is 10.6. The molecule has 0 saturated heterocycles. The fourth-order valence-electron chi connectivity index (χ4n) is 4.46. The first-order chi connectivity index (χ1) is 15.6. The zero-order valence-corrected chi connectivity index (χ0v) is 17.2. The molecule has 5 nitrogen and oxygen atoms in total. The number of pyridine rings is 1. The number of aromatic amines is 1. The van der Waals surface area contributed by atoms with Crippen molar-refractivity contribution >= 4 is 21.7 Å². The van der Waals surface area contributed by atoms with Crippen molar-refractivity contribution in [2.24, 2.45) is 0 Å². The van der Waals surface area contributed by atoms with Crippen LogP contribution in [0.15, 0.2) is 79.1 Å². The lowest BCUT2D eigenvalue weighted by Crippen LogP contribution is -2.38. The van der Waals surface area contributed by atoms with Gasteiger partial charge in [-0.1, -0.05) is 42.5 Å². The van der Waals surface area contributed by atoms with Crippen molar-refractivity contribution in [2.45, 2.75) is 25.0 Å². The molecule has 32 heavy (non-hydrogen) atoms. The van der Waals surface area contributed by atoms with Gasteiger partial charge in [-0.05, 0) is 48.2 Å². The van der Waals surface area contributed by atoms with Gasteiger partial charge in [0.05, 0.1) is 23.9 Å². The summed E-state index contributed by atoms with van der Waals surface area (Å²) in [5, 5.41) is 23.1. The summed E-state index contributed by atoms with van der Waals surface area (Å²) in [7, 11) is 0. The summed E-state index contributed by atoms with van der Waals surface area (Å²) in [6, 6.07) is 20.2. The first-order valence-electron chi connectivity index (χ1n) is 10.6. The Morgan fingerprint density at radius 2 is 1.81 bits per heavy atom. The van der Waals surface area contributed by atoms with Crippen LogP contribution in [-0.4, -0.2) is 10.2 Å². The van der Waals surface area contributed by atoms with Gasteiger partial charge in [-0.2, -0.15) is 9.83 Å². The van der Waals surface area contributed by atoms with Gasteiger partial charge in [0, 0.05) is 16.2 Å². The lowest BCUT2D eigenvalue weighted by molar-refractivity contribution is -0.618. The Labute approximate surface area is 183 Å². The number of hydrogen-bond acceptors (Lipinski definition) is 3. The van der Waals surface area contributed by atoms with E-state index in [9.17, 15) is 9.60 Å². The number of H-pyrrole nitrogens is 1. The molecule has 1 saturated carbocycles. The third kappa shape index (κ3) is 3.11. The van der Waals surface area contributed by atoms with Crippen molar-refractivity contribution in [1.82, 2.24) is 10.2 Å². The molecule has 6 rings (SSSR count). The van der Waals surface area contributed by atoms with Gasteiger partial charge >= 0.3 is 0 Å². The Balaban J connectivity index is 1.56. The molecule has 6 heteroatoms. The number of aromatic nitrogens is 3. The number of hydrogen-bond donors (Lipinski definition) is 1. The summed E-state index contributed by atoms with van der Waals surface area (Å²) in [5.41, 5.74) is 3.40. The summed E-state index contributed by atoms with van der Waals surface area (Å²) < 4.78 is 21.0. The van der Waals surface area contributed by atoms with Gasteiger partial charge in [0.25, 0.3) is 0 Å². The van der Waals surface area contributed by atoms with E-state index in [-0.39, 0.29) is 5.82 Å². The van der Waals surface area contributed by atoms with E-state index in [4.69, 9.17) is 4.74 Å². The van der Waals surface area contributed by atoms with Gasteiger partial charge in [-0.25, -0.2) is 4.39 Å². The number of fused-ring (bicyclic) bond motifs is 2. The summed E-state index contributed by atoms with van der Waals surface area (Å²) in [4.78, 5) is 0. The predicted octanol–water partition coefficient (Wildman–Crippen LogP) is 5.36. The molecule has 0 aliphatic heterocycles. The monoisotopic (exact) mass is 425 g/mol. The van der Waals surface area contributed by atoms with Crippen molar-refractivity contribution in [3.8, 4) is 11.1 Å². The van der Waals surface area contributed by atoms with Crippen LogP contribution in [0.25, 0.3) is 32.8 Å². The van der Waals surface area contributed by atoms with Gasteiger partial charge in [-0.3, -0.25) is 5.10 Å². The largest absolute Gasteiger partial charge is 0.618 e. The van der Waals surface area contributed by atoms with E-state index in [0.717, 1.165) is 55.9 Å². The summed E-state index contributed by atoms with van der Waals surface area (Å²) in [5.74, 6) is -0.316. The van der Waals surface area contributed by atoms with Crippen molar-refractivity contribution in [2.75, 3.05) is 0 Å². The Bertz CT molecular complexity index is 1440.